The molecule has 0 N–H and O–H groups in total. The van der Waals surface area contributed by atoms with Gasteiger partial charge in [-0.15, -0.1) is 0 Å². The molecule has 0 saturated carbocycles. The molecule has 7 heteroatoms. The Labute approximate surface area is 173 Å². The third kappa shape index (κ3) is 4.63. The maximum Gasteiger partial charge on any atom is 0.243 e. The quantitative estimate of drug-likeness (QED) is 0.753. The van der Waals surface area contributed by atoms with Crippen LogP contribution in [0.1, 0.15) is 25.7 Å². The molecule has 0 atom stereocenters. The minimum atomic E-state index is -3.49. The first-order chi connectivity index (χ1) is 14.0. The molecule has 6 nitrogen and oxygen atoms in total. The van der Waals surface area contributed by atoms with Crippen LogP contribution in [0.4, 0.5) is 0 Å². The van der Waals surface area contributed by atoms with E-state index >= 15 is 0 Å². The average molecular weight is 416 g/mol. The van der Waals surface area contributed by atoms with Gasteiger partial charge in [0.1, 0.15) is 0 Å². The van der Waals surface area contributed by atoms with Gasteiger partial charge in [0, 0.05) is 52.2 Å². The van der Waals surface area contributed by atoms with Crippen molar-refractivity contribution in [3.8, 4) is 0 Å². The van der Waals surface area contributed by atoms with E-state index in [0.717, 1.165) is 36.7 Å². The van der Waals surface area contributed by atoms with Gasteiger partial charge in [-0.25, -0.2) is 8.42 Å². The second kappa shape index (κ2) is 8.81. The topological polar surface area (TPSA) is 60.9 Å². The number of hydrogen-bond acceptors (Lipinski definition) is 4. The van der Waals surface area contributed by atoms with Crippen molar-refractivity contribution in [3.63, 3.8) is 0 Å². The van der Waals surface area contributed by atoms with Gasteiger partial charge in [0.25, 0.3) is 0 Å². The third-order valence-corrected chi connectivity index (χ3v) is 7.94. The number of carbonyl (C=O) groups is 1. The van der Waals surface area contributed by atoms with Gasteiger partial charge < -0.3 is 9.80 Å². The lowest BCUT2D eigenvalue weighted by Crippen LogP contribution is -2.49. The van der Waals surface area contributed by atoms with Crippen LogP contribution in [0.25, 0.3) is 10.8 Å². The zero-order valence-corrected chi connectivity index (χ0v) is 17.6. The van der Waals surface area contributed by atoms with E-state index in [0.29, 0.717) is 44.0 Å². The molecule has 2 aliphatic rings. The molecule has 2 fully saturated rings. The molecule has 0 aromatic heterocycles. The SMILES string of the molecule is O=C(CCN1CCN(S(=O)(=O)c2ccc3ccccc3c2)CC1)N1CCCCC1. The molecule has 29 heavy (non-hydrogen) atoms. The highest BCUT2D eigenvalue weighted by atomic mass is 32.2. The fraction of sp³-hybridized carbons (Fsp3) is 0.500. The van der Waals surface area contributed by atoms with Gasteiger partial charge in [-0.05, 0) is 42.2 Å². The molecule has 2 aromatic carbocycles. The highest BCUT2D eigenvalue weighted by molar-refractivity contribution is 7.89. The van der Waals surface area contributed by atoms with Crippen molar-refractivity contribution in [1.29, 1.82) is 0 Å². The Morgan fingerprint density at radius 2 is 1.52 bits per heavy atom. The van der Waals surface area contributed by atoms with Gasteiger partial charge in [0.05, 0.1) is 4.90 Å². The Morgan fingerprint density at radius 1 is 0.828 bits per heavy atom. The van der Waals surface area contributed by atoms with Gasteiger partial charge in [-0.3, -0.25) is 4.79 Å². The van der Waals surface area contributed by atoms with Crippen LogP contribution in [-0.2, 0) is 14.8 Å². The number of piperidine rings is 1. The van der Waals surface area contributed by atoms with Crippen LogP contribution in [0.15, 0.2) is 47.4 Å². The van der Waals surface area contributed by atoms with Crippen molar-refractivity contribution in [2.24, 2.45) is 0 Å². The summed E-state index contributed by atoms with van der Waals surface area (Å²) in [5, 5.41) is 1.97. The molecule has 0 radical (unpaired) electrons. The van der Waals surface area contributed by atoms with Gasteiger partial charge in [0.15, 0.2) is 0 Å². The largest absolute Gasteiger partial charge is 0.343 e. The maximum atomic E-state index is 13.1. The molecule has 0 unspecified atom stereocenters. The first-order valence-corrected chi connectivity index (χ1v) is 12.0. The molecule has 0 aliphatic carbocycles. The molecule has 0 bridgehead atoms. The van der Waals surface area contributed by atoms with Crippen molar-refractivity contribution < 1.29 is 13.2 Å². The lowest BCUT2D eigenvalue weighted by atomic mass is 10.1. The second-order valence-electron chi connectivity index (χ2n) is 7.95. The number of rotatable bonds is 5. The lowest BCUT2D eigenvalue weighted by Gasteiger charge is -2.34. The standard InChI is InChI=1S/C22H29N3O3S/c26-22(24-11-4-1-5-12-24)10-13-23-14-16-25(17-15-23)29(27,28)21-9-8-19-6-2-3-7-20(19)18-21/h2-3,6-9,18H,1,4-5,10-17H2. The summed E-state index contributed by atoms with van der Waals surface area (Å²) in [6, 6.07) is 13.1. The highest BCUT2D eigenvalue weighted by Gasteiger charge is 2.29. The van der Waals surface area contributed by atoms with Gasteiger partial charge in [-0.1, -0.05) is 30.3 Å². The number of amides is 1. The summed E-state index contributed by atoms with van der Waals surface area (Å²) in [6.45, 7) is 4.74. The van der Waals surface area contributed by atoms with E-state index in [1.807, 2.05) is 35.2 Å². The summed E-state index contributed by atoms with van der Waals surface area (Å²) < 4.78 is 27.7. The maximum absolute atomic E-state index is 13.1. The van der Waals surface area contributed by atoms with Crippen LogP contribution in [0.3, 0.4) is 0 Å². The number of fused-ring (bicyclic) bond motifs is 1. The number of sulfonamides is 1. The Balaban J connectivity index is 1.32. The van der Waals surface area contributed by atoms with Gasteiger partial charge in [0.2, 0.25) is 15.9 Å². The molecule has 4 rings (SSSR count). The summed E-state index contributed by atoms with van der Waals surface area (Å²) in [5.41, 5.74) is 0. The summed E-state index contributed by atoms with van der Waals surface area (Å²) in [5.74, 6) is 0.232. The molecule has 2 aromatic rings. The molecule has 2 saturated heterocycles. The fourth-order valence-electron chi connectivity index (χ4n) is 4.23. The fourth-order valence-corrected chi connectivity index (χ4v) is 5.68. The zero-order chi connectivity index (χ0) is 20.3. The summed E-state index contributed by atoms with van der Waals surface area (Å²) >= 11 is 0. The number of hydrogen-bond donors (Lipinski definition) is 0. The Bertz CT molecular complexity index is 962. The molecule has 1 amide bonds. The Morgan fingerprint density at radius 3 is 2.24 bits per heavy atom. The van der Waals surface area contributed by atoms with Crippen molar-refractivity contribution in [2.45, 2.75) is 30.6 Å². The monoisotopic (exact) mass is 415 g/mol. The molecular formula is C22H29N3O3S. The summed E-state index contributed by atoms with van der Waals surface area (Å²) in [4.78, 5) is 16.9. The summed E-state index contributed by atoms with van der Waals surface area (Å²) in [7, 11) is -3.49. The van der Waals surface area contributed by atoms with E-state index in [1.165, 1.54) is 6.42 Å². The van der Waals surface area contributed by atoms with E-state index in [-0.39, 0.29) is 5.91 Å². The van der Waals surface area contributed by atoms with Crippen LogP contribution in [-0.4, -0.2) is 74.2 Å². The van der Waals surface area contributed by atoms with Crippen LogP contribution in [0.2, 0.25) is 0 Å². The lowest BCUT2D eigenvalue weighted by molar-refractivity contribution is -0.132. The number of piperazine rings is 1. The summed E-state index contributed by atoms with van der Waals surface area (Å²) in [6.07, 6.45) is 3.96. The van der Waals surface area contributed by atoms with Crippen molar-refractivity contribution in [1.82, 2.24) is 14.1 Å². The first-order valence-electron chi connectivity index (χ1n) is 10.5. The Kier molecular flexibility index (Phi) is 6.18. The molecule has 0 spiro atoms. The minimum absolute atomic E-state index is 0.232. The van der Waals surface area contributed by atoms with Crippen LogP contribution < -0.4 is 0 Å². The molecule has 2 heterocycles. The van der Waals surface area contributed by atoms with E-state index in [4.69, 9.17) is 0 Å². The van der Waals surface area contributed by atoms with Crippen molar-refractivity contribution in [2.75, 3.05) is 45.8 Å². The van der Waals surface area contributed by atoms with Gasteiger partial charge in [-0.2, -0.15) is 4.31 Å². The number of benzene rings is 2. The molecule has 2 aliphatic heterocycles. The third-order valence-electron chi connectivity index (χ3n) is 6.04. The van der Waals surface area contributed by atoms with Crippen LogP contribution >= 0.6 is 0 Å². The highest BCUT2D eigenvalue weighted by Crippen LogP contribution is 2.23. The van der Waals surface area contributed by atoms with Crippen molar-refractivity contribution in [3.05, 3.63) is 42.5 Å². The minimum Gasteiger partial charge on any atom is -0.343 e. The normalized spacial score (nSPS) is 19.5. The second-order valence-corrected chi connectivity index (χ2v) is 9.88. The van der Waals surface area contributed by atoms with Gasteiger partial charge >= 0.3 is 0 Å². The van der Waals surface area contributed by atoms with Crippen LogP contribution in [0.5, 0.6) is 0 Å². The van der Waals surface area contributed by atoms with E-state index < -0.39 is 10.0 Å². The average Bonchev–Trinajstić information content (AvgIpc) is 2.78. The molecule has 156 valence electrons. The van der Waals surface area contributed by atoms with E-state index in [9.17, 15) is 13.2 Å². The van der Waals surface area contributed by atoms with E-state index in [1.54, 1.807) is 16.4 Å². The number of likely N-dealkylation sites (tertiary alicyclic amines) is 1. The van der Waals surface area contributed by atoms with E-state index in [2.05, 4.69) is 4.90 Å². The zero-order valence-electron chi connectivity index (χ0n) is 16.8. The van der Waals surface area contributed by atoms with Crippen molar-refractivity contribution >= 4 is 26.7 Å². The smallest absolute Gasteiger partial charge is 0.243 e. The number of nitrogens with zero attached hydrogens (tertiary/aromatic N) is 3. The Hall–Kier alpha value is -1.96. The molecular weight excluding hydrogens is 386 g/mol. The first kappa shape index (κ1) is 20.3. The number of carbonyl (C=O) groups excluding carboxylic acids is 1. The predicted molar refractivity (Wildman–Crippen MR) is 114 cm³/mol. The predicted octanol–water partition coefficient (Wildman–Crippen LogP) is 2.55. The van der Waals surface area contributed by atoms with Crippen LogP contribution in [0, 0.1) is 0 Å².